The van der Waals surface area contributed by atoms with Crippen molar-refractivity contribution >= 4 is 29.3 Å². The molecular formula is C12H13Cl2NO3. The molecule has 0 saturated carbocycles. The highest BCUT2D eigenvalue weighted by Gasteiger charge is 2.09. The highest BCUT2D eigenvalue weighted by Crippen LogP contribution is 2.30. The zero-order valence-corrected chi connectivity index (χ0v) is 11.5. The van der Waals surface area contributed by atoms with E-state index >= 15 is 0 Å². The van der Waals surface area contributed by atoms with Crippen molar-refractivity contribution in [2.24, 2.45) is 5.18 Å². The largest absolute Gasteiger partial charge is 0.240 e. The Morgan fingerprint density at radius 1 is 1.44 bits per heavy atom. The van der Waals surface area contributed by atoms with Crippen LogP contribution in [0.4, 0.5) is 0 Å². The Kier molecular flexibility index (Phi) is 6.29. The van der Waals surface area contributed by atoms with Crippen molar-refractivity contribution < 1.29 is 9.78 Å². The van der Waals surface area contributed by atoms with Gasteiger partial charge in [0, 0.05) is 16.1 Å². The lowest BCUT2D eigenvalue weighted by molar-refractivity contribution is -0.282. The van der Waals surface area contributed by atoms with E-state index in [1.165, 1.54) is 7.11 Å². The average Bonchev–Trinajstić information content (AvgIpc) is 2.37. The third-order valence-electron chi connectivity index (χ3n) is 2.25. The van der Waals surface area contributed by atoms with Crippen LogP contribution in [0.15, 0.2) is 23.4 Å². The third kappa shape index (κ3) is 4.07. The van der Waals surface area contributed by atoms with Crippen LogP contribution in [-0.2, 0) is 16.4 Å². The predicted molar refractivity (Wildman–Crippen MR) is 72.6 cm³/mol. The molecule has 0 aliphatic carbocycles. The van der Waals surface area contributed by atoms with E-state index in [4.69, 9.17) is 28.1 Å². The van der Waals surface area contributed by atoms with Gasteiger partial charge >= 0.3 is 0 Å². The summed E-state index contributed by atoms with van der Waals surface area (Å²) < 4.78 is 0. The molecule has 1 atom stereocenters. The van der Waals surface area contributed by atoms with Crippen LogP contribution in [-0.4, -0.2) is 13.2 Å². The number of hydrogen-bond acceptors (Lipinski definition) is 4. The zero-order chi connectivity index (χ0) is 13.5. The van der Waals surface area contributed by atoms with Crippen molar-refractivity contribution in [2.45, 2.75) is 19.6 Å². The monoisotopic (exact) mass is 289 g/mol. The molecule has 1 rings (SSSR count). The normalized spacial score (nSPS) is 12.9. The summed E-state index contributed by atoms with van der Waals surface area (Å²) in [5, 5.41) is 3.83. The lowest BCUT2D eigenvalue weighted by Crippen LogP contribution is -1.95. The molecule has 0 aliphatic heterocycles. The Labute approximate surface area is 115 Å². The summed E-state index contributed by atoms with van der Waals surface area (Å²) >= 11 is 12.2. The van der Waals surface area contributed by atoms with Crippen molar-refractivity contribution in [3.63, 3.8) is 0 Å². The molecule has 18 heavy (non-hydrogen) atoms. The second-order valence-corrected chi connectivity index (χ2v) is 4.35. The second-order valence-electron chi connectivity index (χ2n) is 3.57. The molecule has 0 N–H and O–H groups in total. The van der Waals surface area contributed by atoms with Crippen LogP contribution in [0.2, 0.25) is 10.0 Å². The fourth-order valence-corrected chi connectivity index (χ4v) is 1.82. The fourth-order valence-electron chi connectivity index (χ4n) is 1.27. The van der Waals surface area contributed by atoms with Gasteiger partial charge in [-0.1, -0.05) is 46.6 Å². The second kappa shape index (κ2) is 7.48. The van der Waals surface area contributed by atoms with Crippen molar-refractivity contribution in [1.82, 2.24) is 0 Å². The number of benzene rings is 1. The quantitative estimate of drug-likeness (QED) is 0.447. The van der Waals surface area contributed by atoms with Gasteiger partial charge in [0.1, 0.15) is 12.6 Å². The molecule has 0 heterocycles. The Bertz CT molecular complexity index is 449. The molecule has 0 fully saturated rings. The van der Waals surface area contributed by atoms with Gasteiger partial charge in [0.15, 0.2) is 0 Å². The van der Waals surface area contributed by atoms with Gasteiger partial charge in [-0.05, 0) is 13.0 Å². The summed E-state index contributed by atoms with van der Waals surface area (Å²) in [4.78, 5) is 19.6. The minimum Gasteiger partial charge on any atom is -0.240 e. The van der Waals surface area contributed by atoms with E-state index < -0.39 is 6.04 Å². The van der Waals surface area contributed by atoms with Crippen LogP contribution in [0, 0.1) is 4.91 Å². The van der Waals surface area contributed by atoms with E-state index in [-0.39, 0.29) is 6.61 Å². The Hall–Kier alpha value is -0.940. The lowest BCUT2D eigenvalue weighted by atomic mass is 10.1. The van der Waals surface area contributed by atoms with Gasteiger partial charge in [-0.2, -0.15) is 4.91 Å². The van der Waals surface area contributed by atoms with Crippen molar-refractivity contribution in [2.75, 3.05) is 7.11 Å². The maximum absolute atomic E-state index is 10.3. The van der Waals surface area contributed by atoms with Gasteiger partial charge in [-0.15, -0.1) is 0 Å². The molecule has 0 spiro atoms. The summed E-state index contributed by atoms with van der Waals surface area (Å²) in [6.07, 6.45) is 3.30. The lowest BCUT2D eigenvalue weighted by Gasteiger charge is -2.08. The number of nitroso groups, excluding NO2 is 1. The number of nitrogens with zero attached hydrogens (tertiary/aromatic N) is 1. The zero-order valence-electron chi connectivity index (χ0n) is 10.0. The number of halogens is 2. The van der Waals surface area contributed by atoms with Gasteiger partial charge in [-0.3, -0.25) is 0 Å². The SMILES string of the molecule is COOCc1ccc(Cl)c(C=CC(C)N=O)c1Cl. The van der Waals surface area contributed by atoms with E-state index in [9.17, 15) is 4.91 Å². The minimum atomic E-state index is -0.434. The van der Waals surface area contributed by atoms with Gasteiger partial charge in [-0.25, -0.2) is 9.78 Å². The van der Waals surface area contributed by atoms with Crippen molar-refractivity contribution in [1.29, 1.82) is 0 Å². The molecule has 98 valence electrons. The molecule has 1 aromatic rings. The van der Waals surface area contributed by atoms with Crippen molar-refractivity contribution in [3.8, 4) is 0 Å². The fraction of sp³-hybridized carbons (Fsp3) is 0.333. The van der Waals surface area contributed by atoms with E-state index in [0.717, 1.165) is 5.56 Å². The van der Waals surface area contributed by atoms with Gasteiger partial charge in [0.25, 0.3) is 0 Å². The topological polar surface area (TPSA) is 47.9 Å². The first-order valence-electron chi connectivity index (χ1n) is 5.23. The molecule has 1 unspecified atom stereocenters. The summed E-state index contributed by atoms with van der Waals surface area (Å²) in [7, 11) is 1.42. The van der Waals surface area contributed by atoms with Crippen LogP contribution in [0.1, 0.15) is 18.1 Å². The van der Waals surface area contributed by atoms with E-state index in [0.29, 0.717) is 15.6 Å². The van der Waals surface area contributed by atoms with E-state index in [2.05, 4.69) is 10.1 Å². The third-order valence-corrected chi connectivity index (χ3v) is 3.02. The molecule has 4 nitrogen and oxygen atoms in total. The molecular weight excluding hydrogens is 277 g/mol. The summed E-state index contributed by atoms with van der Waals surface area (Å²) in [5.41, 5.74) is 1.38. The molecule has 0 saturated heterocycles. The molecule has 6 heteroatoms. The summed E-state index contributed by atoms with van der Waals surface area (Å²) in [5.74, 6) is 0. The van der Waals surface area contributed by atoms with Crippen LogP contribution >= 0.6 is 23.2 Å². The Morgan fingerprint density at radius 3 is 2.78 bits per heavy atom. The predicted octanol–water partition coefficient (Wildman–Crippen LogP) is 4.24. The molecule has 0 aliphatic rings. The highest BCUT2D eigenvalue weighted by molar-refractivity contribution is 6.37. The van der Waals surface area contributed by atoms with Crippen LogP contribution in [0.5, 0.6) is 0 Å². The molecule has 1 aromatic carbocycles. The molecule has 0 radical (unpaired) electrons. The minimum absolute atomic E-state index is 0.217. The van der Waals surface area contributed by atoms with Gasteiger partial charge in [0.05, 0.1) is 12.1 Å². The van der Waals surface area contributed by atoms with E-state index in [1.54, 1.807) is 31.2 Å². The molecule has 0 aromatic heterocycles. The first-order valence-corrected chi connectivity index (χ1v) is 5.99. The van der Waals surface area contributed by atoms with Gasteiger partial charge in [0.2, 0.25) is 0 Å². The van der Waals surface area contributed by atoms with Crippen LogP contribution < -0.4 is 0 Å². The average molecular weight is 290 g/mol. The first-order chi connectivity index (χ1) is 8.60. The van der Waals surface area contributed by atoms with E-state index in [1.807, 2.05) is 0 Å². The summed E-state index contributed by atoms with van der Waals surface area (Å²) in [6, 6.07) is 3.03. The molecule has 0 bridgehead atoms. The smallest absolute Gasteiger partial charge is 0.109 e. The molecule has 0 amide bonds. The Morgan fingerprint density at radius 2 is 2.17 bits per heavy atom. The van der Waals surface area contributed by atoms with Crippen molar-refractivity contribution in [3.05, 3.63) is 44.3 Å². The van der Waals surface area contributed by atoms with Crippen LogP contribution in [0.25, 0.3) is 6.08 Å². The maximum Gasteiger partial charge on any atom is 0.109 e. The maximum atomic E-state index is 10.3. The van der Waals surface area contributed by atoms with Gasteiger partial charge < -0.3 is 0 Å². The van der Waals surface area contributed by atoms with Crippen LogP contribution in [0.3, 0.4) is 0 Å². The number of rotatable bonds is 6. The first kappa shape index (κ1) is 15.1. The standard InChI is InChI=1S/C12H13Cl2NO3/c1-8(15-16)3-5-10-11(13)6-4-9(12(10)14)7-18-17-2/h3-6,8H,7H2,1-2H3. The number of hydrogen-bond donors (Lipinski definition) is 0. The highest BCUT2D eigenvalue weighted by atomic mass is 35.5. The Balaban J connectivity index is 3.02. The summed E-state index contributed by atoms with van der Waals surface area (Å²) in [6.45, 7) is 1.89.